The normalized spacial score (nSPS) is 11.1. The number of para-hydroxylation sites is 1. The molecule has 1 amide bonds. The van der Waals surface area contributed by atoms with E-state index in [9.17, 15) is 9.59 Å². The van der Waals surface area contributed by atoms with Gasteiger partial charge in [0.05, 0.1) is 30.4 Å². The number of carbonyl (C=O) groups excluding carboxylic acids is 1. The van der Waals surface area contributed by atoms with Gasteiger partial charge in [-0.2, -0.15) is 0 Å². The van der Waals surface area contributed by atoms with Crippen LogP contribution in [0.5, 0.6) is 0 Å². The van der Waals surface area contributed by atoms with Crippen LogP contribution in [-0.4, -0.2) is 20.4 Å². The molecule has 8 heteroatoms. The number of carbonyl (C=O) groups is 1. The van der Waals surface area contributed by atoms with E-state index in [2.05, 4.69) is 15.3 Å². The van der Waals surface area contributed by atoms with Crippen LogP contribution in [-0.2, 0) is 17.8 Å². The van der Waals surface area contributed by atoms with E-state index >= 15 is 0 Å². The van der Waals surface area contributed by atoms with Crippen molar-refractivity contribution in [3.05, 3.63) is 99.0 Å². The third-order valence-electron chi connectivity index (χ3n) is 5.25. The van der Waals surface area contributed by atoms with E-state index in [4.69, 9.17) is 0 Å². The number of thiazole rings is 1. The standard InChI is InChI=1S/C25H20N4O2S2/c1-16-22-24(33-23(16)17-8-4-2-5-9-17)26-15-29(25(22)31)13-19-14-32-21(28-19)12-20(30)27-18-10-6-3-7-11-18/h2-11,14-15H,12-13H2,1H3,(H,27,30). The molecule has 0 saturated heterocycles. The van der Waals surface area contributed by atoms with Crippen molar-refractivity contribution in [1.29, 1.82) is 0 Å². The first kappa shape index (κ1) is 21.2. The van der Waals surface area contributed by atoms with Crippen LogP contribution in [0.3, 0.4) is 0 Å². The van der Waals surface area contributed by atoms with Crippen molar-refractivity contribution in [2.45, 2.75) is 19.9 Å². The lowest BCUT2D eigenvalue weighted by molar-refractivity contribution is -0.115. The fraction of sp³-hybridized carbons (Fsp3) is 0.120. The predicted octanol–water partition coefficient (Wildman–Crippen LogP) is 5.12. The number of fused-ring (bicyclic) bond motifs is 1. The number of thiophene rings is 1. The third-order valence-corrected chi connectivity index (χ3v) is 7.40. The molecule has 0 spiro atoms. The van der Waals surface area contributed by atoms with Crippen LogP contribution in [0.1, 0.15) is 16.3 Å². The number of nitrogens with one attached hydrogen (secondary N) is 1. The number of hydrogen-bond acceptors (Lipinski definition) is 6. The molecule has 0 fully saturated rings. The fourth-order valence-electron chi connectivity index (χ4n) is 3.68. The van der Waals surface area contributed by atoms with Crippen molar-refractivity contribution in [2.24, 2.45) is 0 Å². The molecule has 3 aromatic heterocycles. The molecule has 3 heterocycles. The molecule has 33 heavy (non-hydrogen) atoms. The number of rotatable bonds is 6. The van der Waals surface area contributed by atoms with Crippen molar-refractivity contribution in [3.8, 4) is 10.4 Å². The van der Waals surface area contributed by atoms with Gasteiger partial charge in [0.25, 0.3) is 5.56 Å². The Balaban J connectivity index is 1.35. The first-order valence-electron chi connectivity index (χ1n) is 10.4. The smallest absolute Gasteiger partial charge is 0.262 e. The highest BCUT2D eigenvalue weighted by Crippen LogP contribution is 2.35. The van der Waals surface area contributed by atoms with Gasteiger partial charge in [-0.25, -0.2) is 9.97 Å². The summed E-state index contributed by atoms with van der Waals surface area (Å²) >= 11 is 2.95. The number of amides is 1. The molecule has 6 nitrogen and oxygen atoms in total. The molecule has 0 aliphatic heterocycles. The summed E-state index contributed by atoms with van der Waals surface area (Å²) in [6, 6.07) is 19.4. The van der Waals surface area contributed by atoms with Gasteiger partial charge in [-0.15, -0.1) is 22.7 Å². The monoisotopic (exact) mass is 472 g/mol. The van der Waals surface area contributed by atoms with Gasteiger partial charge in [0, 0.05) is 15.9 Å². The summed E-state index contributed by atoms with van der Waals surface area (Å²) < 4.78 is 1.58. The molecular formula is C25H20N4O2S2. The molecule has 2 aromatic carbocycles. The first-order valence-corrected chi connectivity index (χ1v) is 12.1. The Morgan fingerprint density at radius 2 is 1.79 bits per heavy atom. The van der Waals surface area contributed by atoms with Crippen LogP contribution in [0, 0.1) is 6.92 Å². The lowest BCUT2D eigenvalue weighted by Gasteiger charge is -2.04. The Morgan fingerprint density at radius 3 is 2.55 bits per heavy atom. The summed E-state index contributed by atoms with van der Waals surface area (Å²) in [5.74, 6) is -0.121. The van der Waals surface area contributed by atoms with Crippen molar-refractivity contribution in [2.75, 3.05) is 5.32 Å². The van der Waals surface area contributed by atoms with Gasteiger partial charge in [0.15, 0.2) is 0 Å². The molecule has 5 rings (SSSR count). The highest BCUT2D eigenvalue weighted by Gasteiger charge is 2.16. The highest BCUT2D eigenvalue weighted by molar-refractivity contribution is 7.22. The summed E-state index contributed by atoms with van der Waals surface area (Å²) in [6.07, 6.45) is 1.77. The van der Waals surface area contributed by atoms with Crippen molar-refractivity contribution in [3.63, 3.8) is 0 Å². The van der Waals surface area contributed by atoms with Gasteiger partial charge in [-0.05, 0) is 30.2 Å². The van der Waals surface area contributed by atoms with E-state index in [0.717, 1.165) is 32.2 Å². The molecule has 164 valence electrons. The van der Waals surface area contributed by atoms with Gasteiger partial charge in [-0.3, -0.25) is 14.2 Å². The maximum absolute atomic E-state index is 13.2. The Kier molecular flexibility index (Phi) is 5.85. The molecule has 0 radical (unpaired) electrons. The fourth-order valence-corrected chi connectivity index (χ4v) is 5.61. The highest BCUT2D eigenvalue weighted by atomic mass is 32.1. The summed E-state index contributed by atoms with van der Waals surface area (Å²) in [7, 11) is 0. The Labute approximate surface area is 198 Å². The van der Waals surface area contributed by atoms with Gasteiger partial charge in [0.1, 0.15) is 9.84 Å². The second-order valence-electron chi connectivity index (χ2n) is 7.60. The zero-order valence-corrected chi connectivity index (χ0v) is 19.5. The van der Waals surface area contributed by atoms with E-state index in [0.29, 0.717) is 16.9 Å². The van der Waals surface area contributed by atoms with Gasteiger partial charge in [-0.1, -0.05) is 48.5 Å². The molecular weight excluding hydrogens is 452 g/mol. The molecule has 5 aromatic rings. The molecule has 1 N–H and O–H groups in total. The second kappa shape index (κ2) is 9.09. The SMILES string of the molecule is Cc1c(-c2ccccc2)sc2ncn(Cc3csc(CC(=O)Nc4ccccc4)n3)c(=O)c12. The van der Waals surface area contributed by atoms with Crippen molar-refractivity contribution in [1.82, 2.24) is 14.5 Å². The number of aryl methyl sites for hydroxylation is 1. The quantitative estimate of drug-likeness (QED) is 0.372. The first-order chi connectivity index (χ1) is 16.1. The lowest BCUT2D eigenvalue weighted by Crippen LogP contribution is -2.21. The lowest BCUT2D eigenvalue weighted by atomic mass is 10.1. The number of nitrogens with zero attached hydrogens (tertiary/aromatic N) is 3. The number of hydrogen-bond donors (Lipinski definition) is 1. The Hall–Kier alpha value is -3.62. The van der Waals surface area contributed by atoms with E-state index in [1.165, 1.54) is 22.7 Å². The summed E-state index contributed by atoms with van der Waals surface area (Å²) in [5.41, 5.74) is 3.45. The van der Waals surface area contributed by atoms with E-state index in [1.54, 1.807) is 10.9 Å². The van der Waals surface area contributed by atoms with Crippen LogP contribution in [0.2, 0.25) is 0 Å². The van der Waals surface area contributed by atoms with E-state index in [1.807, 2.05) is 73.0 Å². The third kappa shape index (κ3) is 4.48. The topological polar surface area (TPSA) is 76.9 Å². The summed E-state index contributed by atoms with van der Waals surface area (Å²) in [6.45, 7) is 2.29. The predicted molar refractivity (Wildman–Crippen MR) is 134 cm³/mol. The maximum Gasteiger partial charge on any atom is 0.262 e. The summed E-state index contributed by atoms with van der Waals surface area (Å²) in [5, 5.41) is 6.11. The average molecular weight is 473 g/mol. The van der Waals surface area contributed by atoms with Crippen molar-refractivity contribution < 1.29 is 4.79 Å². The molecule has 0 aliphatic carbocycles. The van der Waals surface area contributed by atoms with Gasteiger partial charge in [0.2, 0.25) is 5.91 Å². The Bertz CT molecular complexity index is 1490. The minimum absolute atomic E-state index is 0.0766. The largest absolute Gasteiger partial charge is 0.326 e. The van der Waals surface area contributed by atoms with Crippen LogP contribution in [0.4, 0.5) is 5.69 Å². The molecule has 0 saturated carbocycles. The zero-order chi connectivity index (χ0) is 22.8. The molecule has 0 atom stereocenters. The van der Waals surface area contributed by atoms with Crippen LogP contribution in [0.25, 0.3) is 20.7 Å². The van der Waals surface area contributed by atoms with Crippen LogP contribution in [0.15, 0.2) is 77.2 Å². The Morgan fingerprint density at radius 1 is 1.06 bits per heavy atom. The zero-order valence-electron chi connectivity index (χ0n) is 17.8. The number of anilines is 1. The van der Waals surface area contributed by atoms with Crippen molar-refractivity contribution >= 4 is 44.5 Å². The van der Waals surface area contributed by atoms with Crippen LogP contribution >= 0.6 is 22.7 Å². The van der Waals surface area contributed by atoms with E-state index < -0.39 is 0 Å². The van der Waals surface area contributed by atoms with Gasteiger partial charge < -0.3 is 5.32 Å². The summed E-state index contributed by atoms with van der Waals surface area (Å²) in [4.78, 5) is 36.4. The molecule has 0 aliphatic rings. The van der Waals surface area contributed by atoms with E-state index in [-0.39, 0.29) is 17.9 Å². The molecule has 0 unspecified atom stereocenters. The number of aromatic nitrogens is 3. The van der Waals surface area contributed by atoms with Gasteiger partial charge >= 0.3 is 0 Å². The molecule has 0 bridgehead atoms. The maximum atomic E-state index is 13.2. The number of benzene rings is 2. The average Bonchev–Trinajstić information content (AvgIpc) is 3.41. The second-order valence-corrected chi connectivity index (χ2v) is 9.55. The minimum atomic E-state index is -0.121. The minimum Gasteiger partial charge on any atom is -0.326 e. The van der Waals surface area contributed by atoms with Crippen LogP contribution < -0.4 is 10.9 Å².